The molecule has 0 spiro atoms. The van der Waals surface area contributed by atoms with Crippen molar-refractivity contribution in [3.05, 3.63) is 59.3 Å². The molecule has 0 aliphatic heterocycles. The molecule has 0 saturated heterocycles. The minimum absolute atomic E-state index is 0.547. The molecule has 5 heteroatoms. The second-order valence-corrected chi connectivity index (χ2v) is 6.56. The summed E-state index contributed by atoms with van der Waals surface area (Å²) < 4.78 is 11.2. The molecule has 2 heterocycles. The SMILES string of the molecule is Cc1ccccc1-c1nc(CNCc2ccc([C@H]3C[C@H]3C)o2)no1. The van der Waals surface area contributed by atoms with E-state index < -0.39 is 0 Å². The van der Waals surface area contributed by atoms with Crippen LogP contribution in [0.2, 0.25) is 0 Å². The number of rotatable bonds is 6. The molecule has 5 nitrogen and oxygen atoms in total. The third-order valence-corrected chi connectivity index (χ3v) is 4.58. The van der Waals surface area contributed by atoms with Gasteiger partial charge in [0.2, 0.25) is 0 Å². The maximum absolute atomic E-state index is 5.88. The Kier molecular flexibility index (Phi) is 3.94. The van der Waals surface area contributed by atoms with Crippen LogP contribution in [0.25, 0.3) is 11.5 Å². The second-order valence-electron chi connectivity index (χ2n) is 6.56. The Morgan fingerprint density at radius 1 is 1.17 bits per heavy atom. The van der Waals surface area contributed by atoms with Gasteiger partial charge in [-0.15, -0.1) is 0 Å². The molecular weight excluding hydrogens is 302 g/mol. The molecule has 4 rings (SSSR count). The number of aryl methyl sites for hydroxylation is 1. The van der Waals surface area contributed by atoms with Crippen molar-refractivity contribution in [2.45, 2.75) is 39.3 Å². The standard InChI is InChI=1S/C19H21N3O2/c1-12-5-3-4-6-15(12)19-21-18(22-24-19)11-20-10-14-7-8-17(23-14)16-9-13(16)2/h3-8,13,16,20H,9-11H2,1-2H3/t13-,16+/m1/s1. The topological polar surface area (TPSA) is 64.1 Å². The zero-order valence-corrected chi connectivity index (χ0v) is 14.0. The summed E-state index contributed by atoms with van der Waals surface area (Å²) in [6.07, 6.45) is 1.24. The summed E-state index contributed by atoms with van der Waals surface area (Å²) in [5.41, 5.74) is 2.10. The molecular formula is C19H21N3O2. The van der Waals surface area contributed by atoms with E-state index in [0.29, 0.717) is 30.7 Å². The van der Waals surface area contributed by atoms with E-state index >= 15 is 0 Å². The van der Waals surface area contributed by atoms with E-state index in [-0.39, 0.29) is 0 Å². The maximum atomic E-state index is 5.88. The Labute approximate surface area is 141 Å². The van der Waals surface area contributed by atoms with Gasteiger partial charge in [-0.05, 0) is 43.0 Å². The molecule has 0 bridgehead atoms. The van der Waals surface area contributed by atoms with Gasteiger partial charge in [-0.2, -0.15) is 4.98 Å². The quantitative estimate of drug-likeness (QED) is 0.741. The first-order valence-corrected chi connectivity index (χ1v) is 8.38. The van der Waals surface area contributed by atoms with Crippen LogP contribution in [-0.4, -0.2) is 10.1 Å². The van der Waals surface area contributed by atoms with Crippen LogP contribution in [0, 0.1) is 12.8 Å². The van der Waals surface area contributed by atoms with Crippen molar-refractivity contribution in [1.29, 1.82) is 0 Å². The van der Waals surface area contributed by atoms with Gasteiger partial charge in [0.15, 0.2) is 5.82 Å². The Bertz CT molecular complexity index is 837. The molecule has 1 N–H and O–H groups in total. The normalized spacial score (nSPS) is 19.6. The average molecular weight is 323 g/mol. The van der Waals surface area contributed by atoms with Gasteiger partial charge < -0.3 is 14.3 Å². The number of hydrogen-bond acceptors (Lipinski definition) is 5. The molecule has 0 radical (unpaired) electrons. The van der Waals surface area contributed by atoms with Crippen molar-refractivity contribution < 1.29 is 8.94 Å². The van der Waals surface area contributed by atoms with Gasteiger partial charge in [0.05, 0.1) is 13.1 Å². The second kappa shape index (κ2) is 6.24. The van der Waals surface area contributed by atoms with Gasteiger partial charge in [0, 0.05) is 11.5 Å². The van der Waals surface area contributed by atoms with Gasteiger partial charge in [0.25, 0.3) is 5.89 Å². The molecule has 2 aromatic heterocycles. The van der Waals surface area contributed by atoms with Gasteiger partial charge in [-0.25, -0.2) is 0 Å². The van der Waals surface area contributed by atoms with Gasteiger partial charge >= 0.3 is 0 Å². The molecule has 24 heavy (non-hydrogen) atoms. The highest BCUT2D eigenvalue weighted by atomic mass is 16.5. The van der Waals surface area contributed by atoms with E-state index in [1.807, 2.05) is 37.3 Å². The van der Waals surface area contributed by atoms with Crippen LogP contribution < -0.4 is 5.32 Å². The highest BCUT2D eigenvalue weighted by Gasteiger charge is 2.36. The molecule has 0 amide bonds. The van der Waals surface area contributed by atoms with Crippen LogP contribution in [0.1, 0.15) is 42.2 Å². The highest BCUT2D eigenvalue weighted by molar-refractivity contribution is 5.57. The molecule has 2 atom stereocenters. The van der Waals surface area contributed by atoms with Crippen molar-refractivity contribution in [3.63, 3.8) is 0 Å². The van der Waals surface area contributed by atoms with Gasteiger partial charge in [0.1, 0.15) is 11.5 Å². The fraction of sp³-hybridized carbons (Fsp3) is 0.368. The number of hydrogen-bond donors (Lipinski definition) is 1. The summed E-state index contributed by atoms with van der Waals surface area (Å²) in [5.74, 6) is 4.65. The predicted molar refractivity (Wildman–Crippen MR) is 90.2 cm³/mol. The van der Waals surface area contributed by atoms with E-state index in [2.05, 4.69) is 28.4 Å². The highest BCUT2D eigenvalue weighted by Crippen LogP contribution is 2.47. The number of benzene rings is 1. The van der Waals surface area contributed by atoms with Crippen molar-refractivity contribution >= 4 is 0 Å². The lowest BCUT2D eigenvalue weighted by molar-refractivity contribution is 0.413. The Balaban J connectivity index is 1.33. The van der Waals surface area contributed by atoms with Crippen LogP contribution >= 0.6 is 0 Å². The van der Waals surface area contributed by atoms with E-state index in [9.17, 15) is 0 Å². The molecule has 0 unspecified atom stereocenters. The summed E-state index contributed by atoms with van der Waals surface area (Å²) >= 11 is 0. The Morgan fingerprint density at radius 2 is 2.00 bits per heavy atom. The van der Waals surface area contributed by atoms with Crippen LogP contribution in [-0.2, 0) is 13.1 Å². The Morgan fingerprint density at radius 3 is 2.79 bits per heavy atom. The molecule has 1 saturated carbocycles. The summed E-state index contributed by atoms with van der Waals surface area (Å²) in [7, 11) is 0. The van der Waals surface area contributed by atoms with Gasteiger partial charge in [-0.1, -0.05) is 30.3 Å². The van der Waals surface area contributed by atoms with Crippen molar-refractivity contribution in [1.82, 2.24) is 15.5 Å². The fourth-order valence-corrected chi connectivity index (χ4v) is 2.95. The van der Waals surface area contributed by atoms with Crippen LogP contribution in [0.5, 0.6) is 0 Å². The largest absolute Gasteiger partial charge is 0.464 e. The minimum Gasteiger partial charge on any atom is -0.464 e. The van der Waals surface area contributed by atoms with E-state index in [0.717, 1.165) is 28.6 Å². The lowest BCUT2D eigenvalue weighted by atomic mass is 10.1. The molecule has 1 aromatic carbocycles. The third-order valence-electron chi connectivity index (χ3n) is 4.58. The average Bonchev–Trinajstić information content (AvgIpc) is 3.00. The number of nitrogens with one attached hydrogen (secondary N) is 1. The van der Waals surface area contributed by atoms with Crippen molar-refractivity contribution in [2.75, 3.05) is 0 Å². The van der Waals surface area contributed by atoms with Crippen molar-refractivity contribution in [3.8, 4) is 11.5 Å². The number of furan rings is 1. The van der Waals surface area contributed by atoms with Gasteiger partial charge in [-0.3, -0.25) is 0 Å². The first-order valence-electron chi connectivity index (χ1n) is 8.38. The number of aromatic nitrogens is 2. The molecule has 124 valence electrons. The minimum atomic E-state index is 0.547. The summed E-state index contributed by atoms with van der Waals surface area (Å²) in [6, 6.07) is 12.1. The first kappa shape index (κ1) is 15.1. The smallest absolute Gasteiger partial charge is 0.258 e. The lowest BCUT2D eigenvalue weighted by Crippen LogP contribution is -2.13. The molecule has 1 fully saturated rings. The predicted octanol–water partition coefficient (Wildman–Crippen LogP) is 4.05. The van der Waals surface area contributed by atoms with E-state index in [1.54, 1.807) is 0 Å². The summed E-state index contributed by atoms with van der Waals surface area (Å²) in [6.45, 7) is 5.50. The lowest BCUT2D eigenvalue weighted by Gasteiger charge is -1.99. The maximum Gasteiger partial charge on any atom is 0.258 e. The third kappa shape index (κ3) is 3.12. The van der Waals surface area contributed by atoms with E-state index in [4.69, 9.17) is 8.94 Å². The van der Waals surface area contributed by atoms with Crippen molar-refractivity contribution in [2.24, 2.45) is 5.92 Å². The monoisotopic (exact) mass is 323 g/mol. The van der Waals surface area contributed by atoms with Crippen LogP contribution in [0.3, 0.4) is 0 Å². The van der Waals surface area contributed by atoms with Crippen LogP contribution in [0.15, 0.2) is 45.3 Å². The zero-order valence-electron chi connectivity index (χ0n) is 14.0. The molecule has 1 aliphatic carbocycles. The number of nitrogens with zero attached hydrogens (tertiary/aromatic N) is 2. The summed E-state index contributed by atoms with van der Waals surface area (Å²) in [5, 5.41) is 7.34. The van der Waals surface area contributed by atoms with Crippen LogP contribution in [0.4, 0.5) is 0 Å². The zero-order chi connectivity index (χ0) is 16.5. The van der Waals surface area contributed by atoms with E-state index in [1.165, 1.54) is 6.42 Å². The fourth-order valence-electron chi connectivity index (χ4n) is 2.95. The molecule has 3 aromatic rings. The summed E-state index contributed by atoms with van der Waals surface area (Å²) in [4.78, 5) is 4.45. The Hall–Kier alpha value is -2.40. The molecule has 1 aliphatic rings. The first-order chi connectivity index (χ1) is 11.7.